The molecule has 0 bridgehead atoms. The second-order valence-electron chi connectivity index (χ2n) is 4.31. The van der Waals surface area contributed by atoms with Crippen molar-refractivity contribution >= 4 is 17.1 Å². The lowest BCUT2D eigenvalue weighted by atomic mass is 10.1. The summed E-state index contributed by atoms with van der Waals surface area (Å²) < 4.78 is 0. The van der Waals surface area contributed by atoms with Crippen molar-refractivity contribution in [3.05, 3.63) is 16.1 Å². The predicted octanol–water partition coefficient (Wildman–Crippen LogP) is 2.34. The summed E-state index contributed by atoms with van der Waals surface area (Å²) in [7, 11) is 0. The number of rotatable bonds is 7. The monoisotopic (exact) mass is 240 g/mol. The number of ketones is 1. The lowest BCUT2D eigenvalue weighted by Crippen LogP contribution is -2.24. The van der Waals surface area contributed by atoms with Crippen molar-refractivity contribution in [1.29, 1.82) is 0 Å². The molecule has 0 unspecified atom stereocenters. The molecule has 4 heteroatoms. The number of aromatic nitrogens is 1. The second-order valence-corrected chi connectivity index (χ2v) is 5.25. The van der Waals surface area contributed by atoms with Gasteiger partial charge in [-0.25, -0.2) is 4.98 Å². The van der Waals surface area contributed by atoms with E-state index in [1.54, 1.807) is 11.3 Å². The molecule has 0 amide bonds. The number of nitrogens with zero attached hydrogens (tertiary/aromatic N) is 1. The van der Waals surface area contributed by atoms with Crippen LogP contribution in [0.25, 0.3) is 0 Å². The molecule has 1 N–H and O–H groups in total. The van der Waals surface area contributed by atoms with Crippen LogP contribution in [0.5, 0.6) is 0 Å². The van der Waals surface area contributed by atoms with Gasteiger partial charge in [0.1, 0.15) is 10.8 Å². The van der Waals surface area contributed by atoms with Crippen molar-refractivity contribution in [2.24, 2.45) is 0 Å². The van der Waals surface area contributed by atoms with Crippen LogP contribution in [0.3, 0.4) is 0 Å². The Balaban J connectivity index is 2.16. The number of thiazole rings is 1. The van der Waals surface area contributed by atoms with Crippen LogP contribution in [0.2, 0.25) is 0 Å². The Labute approximate surface area is 101 Å². The van der Waals surface area contributed by atoms with Crippen molar-refractivity contribution in [1.82, 2.24) is 10.3 Å². The van der Waals surface area contributed by atoms with E-state index in [0.29, 0.717) is 24.7 Å². The first-order chi connectivity index (χ1) is 7.58. The summed E-state index contributed by atoms with van der Waals surface area (Å²) in [5.74, 6) is 0.292. The van der Waals surface area contributed by atoms with Crippen molar-refractivity contribution in [3.8, 4) is 0 Å². The smallest absolute Gasteiger partial charge is 0.139 e. The standard InChI is InChI=1S/C12H20N2OS/c1-9(2)13-6-4-5-11(15)7-12-14-10(3)8-16-12/h8-9,13H,4-7H2,1-3H3. The van der Waals surface area contributed by atoms with Crippen LogP contribution in [0, 0.1) is 6.92 Å². The minimum Gasteiger partial charge on any atom is -0.315 e. The summed E-state index contributed by atoms with van der Waals surface area (Å²) in [5.41, 5.74) is 1.01. The molecule has 1 rings (SSSR count). The Morgan fingerprint density at radius 3 is 2.88 bits per heavy atom. The molecule has 90 valence electrons. The molecular weight excluding hydrogens is 220 g/mol. The molecular formula is C12H20N2OS. The van der Waals surface area contributed by atoms with Gasteiger partial charge in [0.15, 0.2) is 0 Å². The van der Waals surface area contributed by atoms with E-state index in [9.17, 15) is 4.79 Å². The Morgan fingerprint density at radius 1 is 1.56 bits per heavy atom. The molecule has 1 aromatic rings. The highest BCUT2D eigenvalue weighted by molar-refractivity contribution is 7.09. The molecule has 0 radical (unpaired) electrons. The van der Waals surface area contributed by atoms with Crippen LogP contribution in [0.4, 0.5) is 0 Å². The van der Waals surface area contributed by atoms with E-state index < -0.39 is 0 Å². The molecule has 16 heavy (non-hydrogen) atoms. The zero-order valence-corrected chi connectivity index (χ0v) is 11.1. The molecule has 0 fully saturated rings. The molecule has 0 aromatic carbocycles. The van der Waals surface area contributed by atoms with Gasteiger partial charge in [0, 0.05) is 23.5 Å². The van der Waals surface area contributed by atoms with Crippen molar-refractivity contribution in [2.75, 3.05) is 6.54 Å². The van der Waals surface area contributed by atoms with Gasteiger partial charge >= 0.3 is 0 Å². The summed E-state index contributed by atoms with van der Waals surface area (Å²) in [4.78, 5) is 15.9. The van der Waals surface area contributed by atoms with Crippen LogP contribution in [0.15, 0.2) is 5.38 Å². The third kappa shape index (κ3) is 5.37. The van der Waals surface area contributed by atoms with Crippen molar-refractivity contribution < 1.29 is 4.79 Å². The molecule has 1 heterocycles. The van der Waals surface area contributed by atoms with Gasteiger partial charge in [-0.3, -0.25) is 4.79 Å². The number of carbonyl (C=O) groups excluding carboxylic acids is 1. The molecule has 0 spiro atoms. The van der Waals surface area contributed by atoms with Crippen LogP contribution >= 0.6 is 11.3 Å². The minimum atomic E-state index is 0.292. The highest BCUT2D eigenvalue weighted by Gasteiger charge is 2.06. The number of hydrogen-bond acceptors (Lipinski definition) is 4. The number of nitrogens with one attached hydrogen (secondary N) is 1. The van der Waals surface area contributed by atoms with Crippen molar-refractivity contribution in [2.45, 2.75) is 46.1 Å². The average Bonchev–Trinajstić information content (AvgIpc) is 2.58. The van der Waals surface area contributed by atoms with E-state index in [4.69, 9.17) is 0 Å². The van der Waals surface area contributed by atoms with Crippen LogP contribution < -0.4 is 5.32 Å². The van der Waals surface area contributed by atoms with E-state index in [1.807, 2.05) is 12.3 Å². The summed E-state index contributed by atoms with van der Waals surface area (Å²) in [6.07, 6.45) is 2.07. The van der Waals surface area contributed by atoms with Gasteiger partial charge < -0.3 is 5.32 Å². The minimum absolute atomic E-state index is 0.292. The fourth-order valence-corrected chi connectivity index (χ4v) is 2.22. The molecule has 3 nitrogen and oxygen atoms in total. The summed E-state index contributed by atoms with van der Waals surface area (Å²) in [5, 5.41) is 6.24. The van der Waals surface area contributed by atoms with E-state index in [0.717, 1.165) is 23.7 Å². The molecule has 0 aliphatic heterocycles. The first-order valence-electron chi connectivity index (χ1n) is 5.74. The molecule has 0 aliphatic carbocycles. The van der Waals surface area contributed by atoms with E-state index in [2.05, 4.69) is 24.1 Å². The van der Waals surface area contributed by atoms with Gasteiger partial charge in [0.2, 0.25) is 0 Å². The molecule has 0 aliphatic rings. The van der Waals surface area contributed by atoms with Gasteiger partial charge in [0.25, 0.3) is 0 Å². The number of aryl methyl sites for hydroxylation is 1. The third-order valence-electron chi connectivity index (χ3n) is 2.20. The Hall–Kier alpha value is -0.740. The quantitative estimate of drug-likeness (QED) is 0.744. The fraction of sp³-hybridized carbons (Fsp3) is 0.667. The van der Waals surface area contributed by atoms with Crippen LogP contribution in [-0.2, 0) is 11.2 Å². The highest BCUT2D eigenvalue weighted by Crippen LogP contribution is 2.10. The van der Waals surface area contributed by atoms with E-state index in [1.165, 1.54) is 0 Å². The van der Waals surface area contributed by atoms with Gasteiger partial charge in [-0.15, -0.1) is 11.3 Å². The Kier molecular flexibility index (Phi) is 5.63. The summed E-state index contributed by atoms with van der Waals surface area (Å²) in [6.45, 7) is 7.09. The van der Waals surface area contributed by atoms with Crippen LogP contribution in [-0.4, -0.2) is 23.4 Å². The number of Topliss-reactive ketones (excluding diaryl/α,β-unsaturated/α-hetero) is 1. The first-order valence-corrected chi connectivity index (χ1v) is 6.62. The largest absolute Gasteiger partial charge is 0.315 e. The van der Waals surface area contributed by atoms with Gasteiger partial charge in [-0.2, -0.15) is 0 Å². The normalized spacial score (nSPS) is 11.0. The predicted molar refractivity (Wildman–Crippen MR) is 67.9 cm³/mol. The Morgan fingerprint density at radius 2 is 2.31 bits per heavy atom. The maximum Gasteiger partial charge on any atom is 0.139 e. The van der Waals surface area contributed by atoms with Crippen molar-refractivity contribution in [3.63, 3.8) is 0 Å². The zero-order chi connectivity index (χ0) is 12.0. The fourth-order valence-electron chi connectivity index (χ4n) is 1.42. The third-order valence-corrected chi connectivity index (χ3v) is 3.17. The second kappa shape index (κ2) is 6.76. The van der Waals surface area contributed by atoms with Crippen LogP contribution in [0.1, 0.15) is 37.4 Å². The van der Waals surface area contributed by atoms with E-state index >= 15 is 0 Å². The maximum absolute atomic E-state index is 11.6. The van der Waals surface area contributed by atoms with E-state index in [-0.39, 0.29) is 0 Å². The molecule has 0 saturated carbocycles. The lowest BCUT2D eigenvalue weighted by Gasteiger charge is -2.06. The topological polar surface area (TPSA) is 42.0 Å². The highest BCUT2D eigenvalue weighted by atomic mass is 32.1. The van der Waals surface area contributed by atoms with Gasteiger partial charge in [-0.1, -0.05) is 13.8 Å². The molecule has 0 atom stereocenters. The Bertz CT molecular complexity index is 334. The lowest BCUT2D eigenvalue weighted by molar-refractivity contribution is -0.118. The summed E-state index contributed by atoms with van der Waals surface area (Å²) in [6, 6.07) is 0.497. The SMILES string of the molecule is Cc1csc(CC(=O)CCCNC(C)C)n1. The van der Waals surface area contributed by atoms with Gasteiger partial charge in [0.05, 0.1) is 6.42 Å². The first kappa shape index (κ1) is 13.3. The number of hydrogen-bond donors (Lipinski definition) is 1. The summed E-state index contributed by atoms with van der Waals surface area (Å²) >= 11 is 1.57. The number of carbonyl (C=O) groups is 1. The van der Waals surface area contributed by atoms with Gasteiger partial charge in [-0.05, 0) is 19.9 Å². The zero-order valence-electron chi connectivity index (χ0n) is 10.2. The maximum atomic E-state index is 11.6. The molecule has 0 saturated heterocycles. The average molecular weight is 240 g/mol. The molecule has 1 aromatic heterocycles.